The van der Waals surface area contributed by atoms with Crippen LogP contribution in [0.3, 0.4) is 0 Å². The Hall–Kier alpha value is -1.93. The first-order valence-electron chi connectivity index (χ1n) is 7.25. The Morgan fingerprint density at radius 1 is 1.17 bits per heavy atom. The van der Waals surface area contributed by atoms with E-state index in [1.54, 1.807) is 12.1 Å². The van der Waals surface area contributed by atoms with E-state index < -0.39 is 6.04 Å². The standard InChI is InChI=1S/C17H16IN3O2/c18-12-4-6-14(7-5-12)21-16(22)9-15(17(21)23)20-10-11-2-1-3-13(19)8-11/h1-8,15,20H,9-10,19H2. The highest BCUT2D eigenvalue weighted by Crippen LogP contribution is 2.24. The Balaban J connectivity index is 1.70. The van der Waals surface area contributed by atoms with Crippen molar-refractivity contribution in [1.29, 1.82) is 0 Å². The van der Waals surface area contributed by atoms with E-state index in [1.807, 2.05) is 36.4 Å². The van der Waals surface area contributed by atoms with Gasteiger partial charge in [-0.2, -0.15) is 0 Å². The molecule has 3 rings (SSSR count). The Bertz CT molecular complexity index is 746. The first-order chi connectivity index (χ1) is 11.0. The third-order valence-electron chi connectivity index (χ3n) is 3.74. The van der Waals surface area contributed by atoms with Crippen LogP contribution in [0.2, 0.25) is 0 Å². The molecule has 1 saturated heterocycles. The molecular weight excluding hydrogens is 405 g/mol. The second-order valence-corrected chi connectivity index (χ2v) is 6.67. The van der Waals surface area contributed by atoms with Crippen molar-refractivity contribution >= 4 is 45.8 Å². The summed E-state index contributed by atoms with van der Waals surface area (Å²) in [6.45, 7) is 0.495. The summed E-state index contributed by atoms with van der Waals surface area (Å²) in [6, 6.07) is 14.3. The predicted molar refractivity (Wildman–Crippen MR) is 97.8 cm³/mol. The maximum atomic E-state index is 12.5. The molecule has 2 amide bonds. The van der Waals surface area contributed by atoms with Crippen molar-refractivity contribution in [2.24, 2.45) is 0 Å². The fraction of sp³-hybridized carbons (Fsp3) is 0.176. The third-order valence-corrected chi connectivity index (χ3v) is 4.45. The molecule has 0 radical (unpaired) electrons. The molecule has 1 heterocycles. The van der Waals surface area contributed by atoms with E-state index in [9.17, 15) is 9.59 Å². The highest BCUT2D eigenvalue weighted by Gasteiger charge is 2.39. The van der Waals surface area contributed by atoms with Gasteiger partial charge in [0, 0.05) is 15.8 Å². The van der Waals surface area contributed by atoms with E-state index in [0.717, 1.165) is 9.13 Å². The first kappa shape index (κ1) is 15.9. The predicted octanol–water partition coefficient (Wildman–Crippen LogP) is 2.30. The molecule has 1 fully saturated rings. The van der Waals surface area contributed by atoms with E-state index in [1.165, 1.54) is 4.90 Å². The Kier molecular flexibility index (Phi) is 4.63. The smallest absolute Gasteiger partial charge is 0.251 e. The second kappa shape index (κ2) is 6.67. The molecule has 6 heteroatoms. The minimum absolute atomic E-state index is 0.174. The van der Waals surface area contributed by atoms with Crippen LogP contribution in [0.5, 0.6) is 0 Å². The van der Waals surface area contributed by atoms with Gasteiger partial charge in [-0.05, 0) is 64.6 Å². The van der Waals surface area contributed by atoms with Crippen LogP contribution < -0.4 is 16.0 Å². The van der Waals surface area contributed by atoms with E-state index in [0.29, 0.717) is 17.9 Å². The number of benzene rings is 2. The van der Waals surface area contributed by atoms with Gasteiger partial charge < -0.3 is 11.1 Å². The highest BCUT2D eigenvalue weighted by molar-refractivity contribution is 14.1. The number of halogens is 1. The summed E-state index contributed by atoms with van der Waals surface area (Å²) < 4.78 is 1.06. The maximum Gasteiger partial charge on any atom is 0.251 e. The molecule has 0 aliphatic carbocycles. The molecule has 3 N–H and O–H groups in total. The monoisotopic (exact) mass is 421 g/mol. The van der Waals surface area contributed by atoms with Crippen LogP contribution >= 0.6 is 22.6 Å². The number of carbonyl (C=O) groups excluding carboxylic acids is 2. The number of nitrogens with one attached hydrogen (secondary N) is 1. The summed E-state index contributed by atoms with van der Waals surface area (Å²) in [5, 5.41) is 3.15. The summed E-state index contributed by atoms with van der Waals surface area (Å²) in [6.07, 6.45) is 0.174. The molecule has 0 aromatic heterocycles. The number of amides is 2. The SMILES string of the molecule is Nc1cccc(CNC2CC(=O)N(c3ccc(I)cc3)C2=O)c1. The van der Waals surface area contributed by atoms with Gasteiger partial charge in [0.2, 0.25) is 5.91 Å². The van der Waals surface area contributed by atoms with Crippen molar-refractivity contribution in [3.8, 4) is 0 Å². The van der Waals surface area contributed by atoms with Gasteiger partial charge in [-0.1, -0.05) is 12.1 Å². The van der Waals surface area contributed by atoms with Crippen molar-refractivity contribution < 1.29 is 9.59 Å². The van der Waals surface area contributed by atoms with Crippen molar-refractivity contribution in [3.05, 3.63) is 57.7 Å². The number of nitrogens with zero attached hydrogens (tertiary/aromatic N) is 1. The zero-order chi connectivity index (χ0) is 16.4. The molecule has 0 saturated carbocycles. The van der Waals surface area contributed by atoms with Crippen LogP contribution in [-0.2, 0) is 16.1 Å². The minimum atomic E-state index is -0.497. The lowest BCUT2D eigenvalue weighted by Gasteiger charge is -2.15. The third kappa shape index (κ3) is 3.53. The maximum absolute atomic E-state index is 12.5. The van der Waals surface area contributed by atoms with E-state index in [2.05, 4.69) is 27.9 Å². The number of nitrogens with two attached hydrogens (primary N) is 1. The quantitative estimate of drug-likeness (QED) is 0.452. The lowest BCUT2D eigenvalue weighted by Crippen LogP contribution is -2.38. The number of nitrogen functional groups attached to an aromatic ring is 1. The zero-order valence-corrected chi connectivity index (χ0v) is 14.5. The average molecular weight is 421 g/mol. The van der Waals surface area contributed by atoms with Crippen molar-refractivity contribution in [2.45, 2.75) is 19.0 Å². The Morgan fingerprint density at radius 3 is 2.61 bits per heavy atom. The van der Waals surface area contributed by atoms with Crippen LogP contribution in [0.25, 0.3) is 0 Å². The van der Waals surface area contributed by atoms with Crippen molar-refractivity contribution in [1.82, 2.24) is 5.32 Å². The van der Waals surface area contributed by atoms with Crippen LogP contribution in [0, 0.1) is 3.57 Å². The fourth-order valence-corrected chi connectivity index (χ4v) is 2.96. The fourth-order valence-electron chi connectivity index (χ4n) is 2.60. The summed E-state index contributed by atoms with van der Waals surface area (Å²) in [7, 11) is 0. The van der Waals surface area contributed by atoms with E-state index >= 15 is 0 Å². The number of hydrogen-bond donors (Lipinski definition) is 2. The molecule has 2 aromatic carbocycles. The molecule has 5 nitrogen and oxygen atoms in total. The molecule has 0 spiro atoms. The average Bonchev–Trinajstić information content (AvgIpc) is 2.81. The van der Waals surface area contributed by atoms with Crippen LogP contribution in [0.15, 0.2) is 48.5 Å². The summed E-state index contributed by atoms with van der Waals surface area (Å²) in [4.78, 5) is 26.0. The number of anilines is 2. The zero-order valence-electron chi connectivity index (χ0n) is 12.3. The van der Waals surface area contributed by atoms with Crippen molar-refractivity contribution in [3.63, 3.8) is 0 Å². The van der Waals surface area contributed by atoms with Gasteiger partial charge in [0.1, 0.15) is 0 Å². The van der Waals surface area contributed by atoms with E-state index in [4.69, 9.17) is 5.73 Å². The van der Waals surface area contributed by atoms with Crippen LogP contribution in [-0.4, -0.2) is 17.9 Å². The molecule has 118 valence electrons. The van der Waals surface area contributed by atoms with Crippen LogP contribution in [0.4, 0.5) is 11.4 Å². The van der Waals surface area contributed by atoms with Gasteiger partial charge in [0.05, 0.1) is 18.2 Å². The summed E-state index contributed by atoms with van der Waals surface area (Å²) in [5.74, 6) is -0.388. The van der Waals surface area contributed by atoms with Crippen molar-refractivity contribution in [2.75, 3.05) is 10.6 Å². The molecule has 2 aromatic rings. The minimum Gasteiger partial charge on any atom is -0.399 e. The Labute approximate surface area is 148 Å². The normalized spacial score (nSPS) is 17.8. The summed E-state index contributed by atoms with van der Waals surface area (Å²) in [5.41, 5.74) is 8.03. The molecular formula is C17H16IN3O2. The van der Waals surface area contributed by atoms with Gasteiger partial charge in [-0.3, -0.25) is 9.59 Å². The second-order valence-electron chi connectivity index (χ2n) is 5.43. The number of carbonyl (C=O) groups is 2. The largest absolute Gasteiger partial charge is 0.399 e. The topological polar surface area (TPSA) is 75.4 Å². The molecule has 1 unspecified atom stereocenters. The number of imide groups is 1. The van der Waals surface area contributed by atoms with Crippen LogP contribution in [0.1, 0.15) is 12.0 Å². The summed E-state index contributed by atoms with van der Waals surface area (Å²) >= 11 is 2.19. The van der Waals surface area contributed by atoms with E-state index in [-0.39, 0.29) is 18.2 Å². The number of hydrogen-bond acceptors (Lipinski definition) is 4. The van der Waals surface area contributed by atoms with Gasteiger partial charge in [0.15, 0.2) is 0 Å². The molecule has 1 atom stereocenters. The number of rotatable bonds is 4. The van der Waals surface area contributed by atoms with Gasteiger partial charge in [0.25, 0.3) is 5.91 Å². The van der Waals surface area contributed by atoms with Gasteiger partial charge in [-0.25, -0.2) is 4.90 Å². The van der Waals surface area contributed by atoms with Gasteiger partial charge >= 0.3 is 0 Å². The molecule has 1 aliphatic rings. The first-order valence-corrected chi connectivity index (χ1v) is 8.32. The lowest BCUT2D eigenvalue weighted by molar-refractivity contribution is -0.121. The Morgan fingerprint density at radius 2 is 1.91 bits per heavy atom. The molecule has 23 heavy (non-hydrogen) atoms. The molecule has 1 aliphatic heterocycles. The van der Waals surface area contributed by atoms with Gasteiger partial charge in [-0.15, -0.1) is 0 Å². The highest BCUT2D eigenvalue weighted by atomic mass is 127. The lowest BCUT2D eigenvalue weighted by atomic mass is 10.2. The molecule has 0 bridgehead atoms.